The highest BCUT2D eigenvalue weighted by Crippen LogP contribution is 2.33. The molecule has 7 nitrogen and oxygen atoms in total. The molecule has 4 heterocycles. The number of hydrogen-bond acceptors (Lipinski definition) is 5. The fraction of sp³-hybridized carbons (Fsp3) is 0.250. The summed E-state index contributed by atoms with van der Waals surface area (Å²) in [5, 5.41) is 8.50. The summed E-state index contributed by atoms with van der Waals surface area (Å²) in [6, 6.07) is 12.2. The largest absolute Gasteiger partial charge is 0.370 e. The molecule has 0 spiro atoms. The topological polar surface area (TPSA) is 75.9 Å². The van der Waals surface area contributed by atoms with Crippen molar-refractivity contribution in [3.05, 3.63) is 66.5 Å². The van der Waals surface area contributed by atoms with Gasteiger partial charge in [0, 0.05) is 37.9 Å². The molecule has 0 aliphatic carbocycles. The number of aryl methyl sites for hydroxylation is 1. The molecule has 1 aliphatic heterocycles. The quantitative estimate of drug-likeness (QED) is 0.436. The number of aromatic nitrogens is 4. The second kappa shape index (κ2) is 9.54. The van der Waals surface area contributed by atoms with Gasteiger partial charge in [0.25, 0.3) is 5.91 Å². The van der Waals surface area contributed by atoms with Gasteiger partial charge in [-0.05, 0) is 55.7 Å². The van der Waals surface area contributed by atoms with E-state index in [1.807, 2.05) is 25.4 Å². The molecule has 0 saturated carbocycles. The maximum absolute atomic E-state index is 14.1. The molecule has 0 unspecified atom stereocenters. The Labute approximate surface area is 197 Å². The minimum atomic E-state index is -0.619. The Balaban J connectivity index is 0.00000259. The minimum Gasteiger partial charge on any atom is -0.370 e. The SMILES string of the molecule is Cl.Cn1cc2cc(NC(=O)c3cccc(-c4cccnc4F)n3)c(N3CCCCC3)cc2n1. The molecule has 1 aliphatic rings. The van der Waals surface area contributed by atoms with Crippen LogP contribution in [-0.4, -0.2) is 38.7 Å². The van der Waals surface area contributed by atoms with Crippen molar-refractivity contribution >= 4 is 40.6 Å². The zero-order chi connectivity index (χ0) is 22.1. The maximum Gasteiger partial charge on any atom is 0.274 e. The molecule has 170 valence electrons. The monoisotopic (exact) mass is 466 g/mol. The number of carbonyl (C=O) groups is 1. The zero-order valence-electron chi connectivity index (χ0n) is 18.2. The predicted octanol–water partition coefficient (Wildman–Crippen LogP) is 4.83. The fourth-order valence-corrected chi connectivity index (χ4v) is 4.16. The van der Waals surface area contributed by atoms with Crippen molar-refractivity contribution in [2.24, 2.45) is 7.05 Å². The standard InChI is InChI=1S/C24H23FN6O.ClH/c1-30-15-16-13-21(22(14-20(16)29-30)31-11-3-2-4-12-31)28-24(32)19-9-5-8-18(27-19)17-7-6-10-26-23(17)25;/h5-10,13-15H,2-4,11-12H2,1H3,(H,28,32);1H. The van der Waals surface area contributed by atoms with Crippen LogP contribution in [-0.2, 0) is 7.05 Å². The molecule has 0 radical (unpaired) electrons. The van der Waals surface area contributed by atoms with Gasteiger partial charge >= 0.3 is 0 Å². The van der Waals surface area contributed by atoms with Crippen molar-refractivity contribution in [1.82, 2.24) is 19.7 Å². The average Bonchev–Trinajstić information content (AvgIpc) is 3.18. The summed E-state index contributed by atoms with van der Waals surface area (Å²) in [5.74, 6) is -0.968. The third-order valence-electron chi connectivity index (χ3n) is 5.70. The van der Waals surface area contributed by atoms with Gasteiger partial charge in [-0.3, -0.25) is 9.48 Å². The molecule has 9 heteroatoms. The van der Waals surface area contributed by atoms with Crippen molar-refractivity contribution in [1.29, 1.82) is 0 Å². The van der Waals surface area contributed by atoms with E-state index in [0.29, 0.717) is 5.69 Å². The van der Waals surface area contributed by atoms with Crippen LogP contribution in [0.3, 0.4) is 0 Å². The number of fused-ring (bicyclic) bond motifs is 1. The lowest BCUT2D eigenvalue weighted by Crippen LogP contribution is -2.30. The first-order valence-corrected chi connectivity index (χ1v) is 10.7. The summed E-state index contributed by atoms with van der Waals surface area (Å²) in [4.78, 5) is 23.5. The third-order valence-corrected chi connectivity index (χ3v) is 5.70. The van der Waals surface area contributed by atoms with Gasteiger partial charge in [0.1, 0.15) is 5.69 Å². The van der Waals surface area contributed by atoms with Crippen LogP contribution in [0.5, 0.6) is 0 Å². The Kier molecular flexibility index (Phi) is 6.55. The molecule has 1 N–H and O–H groups in total. The van der Waals surface area contributed by atoms with E-state index in [1.54, 1.807) is 35.0 Å². The highest BCUT2D eigenvalue weighted by atomic mass is 35.5. The smallest absolute Gasteiger partial charge is 0.274 e. The van der Waals surface area contributed by atoms with Gasteiger partial charge in [-0.2, -0.15) is 9.49 Å². The van der Waals surface area contributed by atoms with E-state index < -0.39 is 5.95 Å². The van der Waals surface area contributed by atoms with Crippen molar-refractivity contribution in [3.8, 4) is 11.3 Å². The summed E-state index contributed by atoms with van der Waals surface area (Å²) in [7, 11) is 1.88. The Morgan fingerprint density at radius 2 is 1.91 bits per heavy atom. The number of nitrogens with one attached hydrogen (secondary N) is 1. The Bertz CT molecular complexity index is 1300. The number of hydrogen-bond donors (Lipinski definition) is 1. The lowest BCUT2D eigenvalue weighted by atomic mass is 10.1. The number of nitrogens with zero attached hydrogens (tertiary/aromatic N) is 5. The van der Waals surface area contributed by atoms with Gasteiger partial charge in [0.05, 0.1) is 28.1 Å². The van der Waals surface area contributed by atoms with Crippen LogP contribution in [0.4, 0.5) is 15.8 Å². The third kappa shape index (κ3) is 4.66. The number of rotatable bonds is 4. The van der Waals surface area contributed by atoms with E-state index in [2.05, 4.69) is 25.3 Å². The second-order valence-corrected chi connectivity index (χ2v) is 7.98. The van der Waals surface area contributed by atoms with Gasteiger partial charge < -0.3 is 10.2 Å². The number of halogens is 2. The number of anilines is 2. The molecule has 5 rings (SSSR count). The lowest BCUT2D eigenvalue weighted by Gasteiger charge is -2.30. The second-order valence-electron chi connectivity index (χ2n) is 7.98. The molecule has 0 bridgehead atoms. The van der Waals surface area contributed by atoms with Crippen LogP contribution in [0.1, 0.15) is 29.8 Å². The van der Waals surface area contributed by atoms with Crippen LogP contribution in [0.15, 0.2) is 54.9 Å². The van der Waals surface area contributed by atoms with Gasteiger partial charge in [0.15, 0.2) is 0 Å². The molecule has 1 amide bonds. The number of carbonyl (C=O) groups excluding carboxylic acids is 1. The maximum atomic E-state index is 14.1. The lowest BCUT2D eigenvalue weighted by molar-refractivity contribution is 0.102. The van der Waals surface area contributed by atoms with E-state index in [9.17, 15) is 9.18 Å². The Morgan fingerprint density at radius 3 is 2.70 bits per heavy atom. The zero-order valence-corrected chi connectivity index (χ0v) is 19.0. The van der Waals surface area contributed by atoms with Crippen molar-refractivity contribution in [2.45, 2.75) is 19.3 Å². The van der Waals surface area contributed by atoms with Crippen LogP contribution in [0.25, 0.3) is 22.2 Å². The Morgan fingerprint density at radius 1 is 1.09 bits per heavy atom. The normalized spacial score (nSPS) is 13.6. The van der Waals surface area contributed by atoms with Crippen molar-refractivity contribution in [2.75, 3.05) is 23.3 Å². The molecule has 1 saturated heterocycles. The molecular formula is C24H24ClFN6O. The molecule has 3 aromatic heterocycles. The summed E-state index contributed by atoms with van der Waals surface area (Å²) in [6.45, 7) is 1.88. The number of amides is 1. The van der Waals surface area contributed by atoms with Gasteiger partial charge in [0.2, 0.25) is 5.95 Å². The van der Waals surface area contributed by atoms with Crippen LogP contribution in [0, 0.1) is 5.95 Å². The first-order chi connectivity index (χ1) is 15.6. The Hall–Kier alpha value is -3.52. The summed E-state index contributed by atoms with van der Waals surface area (Å²) < 4.78 is 15.9. The first kappa shape index (κ1) is 22.7. The van der Waals surface area contributed by atoms with E-state index in [-0.39, 0.29) is 29.6 Å². The van der Waals surface area contributed by atoms with E-state index in [4.69, 9.17) is 0 Å². The van der Waals surface area contributed by atoms with Crippen LogP contribution in [0.2, 0.25) is 0 Å². The predicted molar refractivity (Wildman–Crippen MR) is 129 cm³/mol. The summed E-state index contributed by atoms with van der Waals surface area (Å²) >= 11 is 0. The van der Waals surface area contributed by atoms with Gasteiger partial charge in [-0.25, -0.2) is 9.97 Å². The molecule has 33 heavy (non-hydrogen) atoms. The number of piperidine rings is 1. The number of pyridine rings is 2. The highest BCUT2D eigenvalue weighted by molar-refractivity contribution is 6.06. The molecule has 1 fully saturated rings. The van der Waals surface area contributed by atoms with Crippen molar-refractivity contribution in [3.63, 3.8) is 0 Å². The number of benzene rings is 1. The average molecular weight is 467 g/mol. The van der Waals surface area contributed by atoms with Crippen LogP contribution >= 0.6 is 12.4 Å². The van der Waals surface area contributed by atoms with E-state index in [0.717, 1.165) is 48.2 Å². The molecule has 1 aromatic carbocycles. The van der Waals surface area contributed by atoms with Gasteiger partial charge in [-0.15, -0.1) is 12.4 Å². The highest BCUT2D eigenvalue weighted by Gasteiger charge is 2.19. The minimum absolute atomic E-state index is 0. The fourth-order valence-electron chi connectivity index (χ4n) is 4.16. The molecular weight excluding hydrogens is 443 g/mol. The molecule has 0 atom stereocenters. The van der Waals surface area contributed by atoms with Crippen LogP contribution < -0.4 is 10.2 Å². The first-order valence-electron chi connectivity index (χ1n) is 10.7. The van der Waals surface area contributed by atoms with Gasteiger partial charge in [-0.1, -0.05) is 6.07 Å². The van der Waals surface area contributed by atoms with E-state index in [1.165, 1.54) is 12.6 Å². The van der Waals surface area contributed by atoms with E-state index >= 15 is 0 Å². The molecule has 4 aromatic rings. The summed E-state index contributed by atoms with van der Waals surface area (Å²) in [6.07, 6.45) is 6.76. The summed E-state index contributed by atoms with van der Waals surface area (Å²) in [5.41, 5.74) is 3.39. The van der Waals surface area contributed by atoms with Crippen molar-refractivity contribution < 1.29 is 9.18 Å².